The monoisotopic (exact) mass is 475 g/mol. The molecule has 26 heavy (non-hydrogen) atoms. The van der Waals surface area contributed by atoms with Gasteiger partial charge in [-0.15, -0.1) is 24.0 Å². The van der Waals surface area contributed by atoms with Gasteiger partial charge in [-0.25, -0.2) is 4.39 Å². The third-order valence-corrected chi connectivity index (χ3v) is 5.35. The number of hydrogen-bond acceptors (Lipinski definition) is 3. The number of anilines is 1. The second-order valence-electron chi connectivity index (χ2n) is 6.90. The van der Waals surface area contributed by atoms with Gasteiger partial charge in [0.15, 0.2) is 5.96 Å². The van der Waals surface area contributed by atoms with Crippen LogP contribution >= 0.6 is 24.0 Å². The second kappa shape index (κ2) is 10.3. The first-order valence-corrected chi connectivity index (χ1v) is 9.38. The van der Waals surface area contributed by atoms with Gasteiger partial charge >= 0.3 is 0 Å². The Labute approximate surface area is 173 Å². The largest absolute Gasteiger partial charge is 0.366 e. The van der Waals surface area contributed by atoms with E-state index in [0.717, 1.165) is 45.2 Å². The summed E-state index contributed by atoms with van der Waals surface area (Å²) in [5.74, 6) is 1.54. The summed E-state index contributed by atoms with van der Waals surface area (Å²) in [7, 11) is 1.85. The average Bonchev–Trinajstić information content (AvgIpc) is 3.11. The van der Waals surface area contributed by atoms with E-state index < -0.39 is 0 Å². The molecular formula is C19H31FIN5. The van der Waals surface area contributed by atoms with Crippen LogP contribution in [-0.4, -0.2) is 75.2 Å². The number of para-hydroxylation sites is 1. The Kier molecular flexibility index (Phi) is 8.40. The van der Waals surface area contributed by atoms with Crippen LogP contribution in [0.15, 0.2) is 29.3 Å². The average molecular weight is 475 g/mol. The van der Waals surface area contributed by atoms with Crippen LogP contribution in [0.4, 0.5) is 10.1 Å². The Morgan fingerprint density at radius 1 is 1.19 bits per heavy atom. The Hall–Kier alpha value is -1.09. The van der Waals surface area contributed by atoms with E-state index in [1.54, 1.807) is 6.07 Å². The molecule has 1 N–H and O–H groups in total. The van der Waals surface area contributed by atoms with Crippen molar-refractivity contribution in [2.75, 3.05) is 64.3 Å². The van der Waals surface area contributed by atoms with E-state index in [-0.39, 0.29) is 29.8 Å². The summed E-state index contributed by atoms with van der Waals surface area (Å²) in [6.45, 7) is 10.1. The lowest BCUT2D eigenvalue weighted by atomic mass is 10.1. The first-order valence-electron chi connectivity index (χ1n) is 9.38. The van der Waals surface area contributed by atoms with Crippen molar-refractivity contribution < 1.29 is 4.39 Å². The molecule has 2 saturated heterocycles. The molecule has 0 spiro atoms. The summed E-state index contributed by atoms with van der Waals surface area (Å²) in [6, 6.07) is 7.02. The highest BCUT2D eigenvalue weighted by atomic mass is 127. The number of hydrogen-bond donors (Lipinski definition) is 1. The minimum Gasteiger partial charge on any atom is -0.366 e. The number of nitrogens with one attached hydrogen (secondary N) is 1. The lowest BCUT2D eigenvalue weighted by molar-refractivity contribution is 0.337. The standard InChI is InChI=1S/C19H30FN5.HI/c1-3-23-9-8-16(15-23)14-22-19(21-2)25-12-10-24(11-13-25)18-7-5-4-6-17(18)20;/h4-7,16H,3,8-15H2,1-2H3,(H,21,22);1H. The highest BCUT2D eigenvalue weighted by Crippen LogP contribution is 2.20. The van der Waals surface area contributed by atoms with Gasteiger partial charge in [0.25, 0.3) is 0 Å². The van der Waals surface area contributed by atoms with Gasteiger partial charge in [-0.1, -0.05) is 19.1 Å². The van der Waals surface area contributed by atoms with Gasteiger partial charge in [-0.3, -0.25) is 4.99 Å². The smallest absolute Gasteiger partial charge is 0.193 e. The van der Waals surface area contributed by atoms with Crippen molar-refractivity contribution in [3.05, 3.63) is 30.1 Å². The van der Waals surface area contributed by atoms with Crippen LogP contribution in [-0.2, 0) is 0 Å². The van der Waals surface area contributed by atoms with Gasteiger partial charge in [0.1, 0.15) is 5.82 Å². The molecule has 2 aliphatic heterocycles. The second-order valence-corrected chi connectivity index (χ2v) is 6.90. The van der Waals surface area contributed by atoms with Gasteiger partial charge in [0, 0.05) is 46.3 Å². The molecule has 2 heterocycles. The van der Waals surface area contributed by atoms with Crippen molar-refractivity contribution in [2.45, 2.75) is 13.3 Å². The zero-order chi connectivity index (χ0) is 17.6. The molecule has 1 aromatic rings. The topological polar surface area (TPSA) is 34.1 Å². The quantitative estimate of drug-likeness (QED) is 0.413. The molecule has 0 aromatic heterocycles. The summed E-state index contributed by atoms with van der Waals surface area (Å²) in [5, 5.41) is 3.55. The number of halogens is 2. The zero-order valence-corrected chi connectivity index (χ0v) is 18.2. The van der Waals surface area contributed by atoms with Crippen LogP contribution in [0.1, 0.15) is 13.3 Å². The maximum absolute atomic E-state index is 14.0. The SMILES string of the molecule is CCN1CCC(CNC(=NC)N2CCN(c3ccccc3F)CC2)C1.I. The molecule has 0 saturated carbocycles. The first-order chi connectivity index (χ1) is 12.2. The molecule has 0 amide bonds. The summed E-state index contributed by atoms with van der Waals surface area (Å²) >= 11 is 0. The van der Waals surface area contributed by atoms with E-state index in [2.05, 4.69) is 31.9 Å². The van der Waals surface area contributed by atoms with Gasteiger partial charge in [-0.2, -0.15) is 0 Å². The maximum Gasteiger partial charge on any atom is 0.193 e. The lowest BCUT2D eigenvalue weighted by Crippen LogP contribution is -2.53. The minimum atomic E-state index is -0.139. The van der Waals surface area contributed by atoms with Crippen LogP contribution in [0.2, 0.25) is 0 Å². The van der Waals surface area contributed by atoms with E-state index in [1.165, 1.54) is 25.6 Å². The number of likely N-dealkylation sites (tertiary alicyclic amines) is 1. The fourth-order valence-corrected chi connectivity index (χ4v) is 3.80. The van der Waals surface area contributed by atoms with Crippen LogP contribution in [0, 0.1) is 11.7 Å². The summed E-state index contributed by atoms with van der Waals surface area (Å²) in [4.78, 5) is 11.4. The van der Waals surface area contributed by atoms with Crippen molar-refractivity contribution in [1.82, 2.24) is 15.1 Å². The molecule has 5 nitrogen and oxygen atoms in total. The van der Waals surface area contributed by atoms with Crippen molar-refractivity contribution in [3.63, 3.8) is 0 Å². The summed E-state index contributed by atoms with van der Waals surface area (Å²) in [5.41, 5.74) is 0.704. The van der Waals surface area contributed by atoms with Crippen LogP contribution in [0.3, 0.4) is 0 Å². The predicted molar refractivity (Wildman–Crippen MR) is 117 cm³/mol. The van der Waals surface area contributed by atoms with Crippen molar-refractivity contribution in [3.8, 4) is 0 Å². The van der Waals surface area contributed by atoms with Gasteiger partial charge in [0.05, 0.1) is 5.69 Å². The molecule has 1 unspecified atom stereocenters. The molecule has 2 fully saturated rings. The number of rotatable bonds is 4. The number of piperazine rings is 1. The molecule has 1 atom stereocenters. The van der Waals surface area contributed by atoms with E-state index in [0.29, 0.717) is 11.6 Å². The Bertz CT molecular complexity index is 589. The van der Waals surface area contributed by atoms with E-state index in [9.17, 15) is 4.39 Å². The van der Waals surface area contributed by atoms with Crippen molar-refractivity contribution in [1.29, 1.82) is 0 Å². The number of benzene rings is 1. The molecule has 3 rings (SSSR count). The maximum atomic E-state index is 14.0. The van der Waals surface area contributed by atoms with E-state index in [4.69, 9.17) is 0 Å². The Balaban J connectivity index is 0.00000243. The highest BCUT2D eigenvalue weighted by molar-refractivity contribution is 14.0. The first kappa shape index (κ1) is 21.2. The van der Waals surface area contributed by atoms with Crippen LogP contribution < -0.4 is 10.2 Å². The molecule has 0 aliphatic carbocycles. The summed E-state index contributed by atoms with van der Waals surface area (Å²) < 4.78 is 14.0. The normalized spacial score (nSPS) is 21.7. The minimum absolute atomic E-state index is 0. The third kappa shape index (κ3) is 5.22. The molecule has 146 valence electrons. The molecule has 1 aromatic carbocycles. The fraction of sp³-hybridized carbons (Fsp3) is 0.632. The fourth-order valence-electron chi connectivity index (χ4n) is 3.80. The third-order valence-electron chi connectivity index (χ3n) is 5.35. The van der Waals surface area contributed by atoms with Crippen LogP contribution in [0.5, 0.6) is 0 Å². The van der Waals surface area contributed by atoms with E-state index >= 15 is 0 Å². The number of aliphatic imine (C=N–C) groups is 1. The molecule has 2 aliphatic rings. The highest BCUT2D eigenvalue weighted by Gasteiger charge is 2.24. The van der Waals surface area contributed by atoms with Gasteiger partial charge < -0.3 is 20.0 Å². The van der Waals surface area contributed by atoms with Crippen molar-refractivity contribution in [2.24, 2.45) is 10.9 Å². The lowest BCUT2D eigenvalue weighted by Gasteiger charge is -2.38. The Morgan fingerprint density at radius 2 is 1.92 bits per heavy atom. The van der Waals surface area contributed by atoms with Gasteiger partial charge in [-0.05, 0) is 37.6 Å². The zero-order valence-electron chi connectivity index (χ0n) is 15.8. The molecule has 0 bridgehead atoms. The Morgan fingerprint density at radius 3 is 2.54 bits per heavy atom. The van der Waals surface area contributed by atoms with Gasteiger partial charge in [0.2, 0.25) is 0 Å². The van der Waals surface area contributed by atoms with Crippen molar-refractivity contribution >= 4 is 35.6 Å². The number of nitrogens with zero attached hydrogens (tertiary/aromatic N) is 4. The van der Waals surface area contributed by atoms with Crippen LogP contribution in [0.25, 0.3) is 0 Å². The number of guanidine groups is 1. The summed E-state index contributed by atoms with van der Waals surface area (Å²) in [6.07, 6.45) is 1.26. The molecule has 0 radical (unpaired) electrons. The molecule has 7 heteroatoms. The van der Waals surface area contributed by atoms with E-state index in [1.807, 2.05) is 19.2 Å². The molecular weight excluding hydrogens is 444 g/mol. The predicted octanol–water partition coefficient (Wildman–Crippen LogP) is 2.48.